The van der Waals surface area contributed by atoms with E-state index in [-0.39, 0.29) is 11.8 Å². The average Bonchev–Trinajstić information content (AvgIpc) is 3.19. The van der Waals surface area contributed by atoms with Gasteiger partial charge in [-0.2, -0.15) is 0 Å². The van der Waals surface area contributed by atoms with Crippen molar-refractivity contribution in [2.75, 3.05) is 4.90 Å². The number of fused-ring (bicyclic) bond motifs is 1. The number of carbonyl (C=O) groups excluding carboxylic acids is 1. The van der Waals surface area contributed by atoms with Gasteiger partial charge in [0, 0.05) is 12.4 Å². The molecule has 5 nitrogen and oxygen atoms in total. The molecule has 0 N–H and O–H groups in total. The summed E-state index contributed by atoms with van der Waals surface area (Å²) < 4.78 is 5.46. The summed E-state index contributed by atoms with van der Waals surface area (Å²) in [5.74, 6) is 1.15. The van der Waals surface area contributed by atoms with Gasteiger partial charge in [0.25, 0.3) is 0 Å². The number of rotatable bonds is 4. The number of aromatic nitrogens is 2. The lowest BCUT2D eigenvalue weighted by Crippen LogP contribution is -2.37. The molecule has 0 aliphatic heterocycles. The Hall–Kier alpha value is -2.95. The number of anilines is 1. The smallest absolute Gasteiger partial charge is 0.237 e. The molecular weight excluding hydrogens is 314 g/mol. The lowest BCUT2D eigenvalue weighted by Gasteiger charge is -2.29. The fourth-order valence-electron chi connectivity index (χ4n) is 3.38. The Balaban J connectivity index is 1.69. The van der Waals surface area contributed by atoms with E-state index in [1.165, 1.54) is 5.56 Å². The molecule has 1 aliphatic rings. The van der Waals surface area contributed by atoms with Crippen LogP contribution in [0.25, 0.3) is 0 Å². The van der Waals surface area contributed by atoms with Gasteiger partial charge < -0.3 is 4.42 Å². The summed E-state index contributed by atoms with van der Waals surface area (Å²) in [5, 5.41) is 0. The van der Waals surface area contributed by atoms with Crippen molar-refractivity contribution in [1.29, 1.82) is 0 Å². The molecule has 0 spiro atoms. The van der Waals surface area contributed by atoms with Crippen LogP contribution in [0.5, 0.6) is 0 Å². The summed E-state index contributed by atoms with van der Waals surface area (Å²) in [4.78, 5) is 24.0. The third-order valence-corrected chi connectivity index (χ3v) is 4.58. The highest BCUT2D eigenvalue weighted by Gasteiger charge is 2.32. The maximum atomic E-state index is 13.4. The number of hydrogen-bond acceptors (Lipinski definition) is 4. The Morgan fingerprint density at radius 1 is 1.12 bits per heavy atom. The van der Waals surface area contributed by atoms with Crippen LogP contribution in [0.2, 0.25) is 0 Å². The number of amides is 1. The number of hydrogen-bond donors (Lipinski definition) is 0. The molecule has 0 radical (unpaired) electrons. The molecule has 0 fully saturated rings. The second-order valence-corrected chi connectivity index (χ2v) is 6.18. The molecule has 1 unspecified atom stereocenters. The van der Waals surface area contributed by atoms with Crippen LogP contribution >= 0.6 is 0 Å². The molecule has 1 amide bonds. The van der Waals surface area contributed by atoms with Gasteiger partial charge >= 0.3 is 0 Å². The molecule has 1 aliphatic carbocycles. The Kier molecular flexibility index (Phi) is 4.29. The van der Waals surface area contributed by atoms with Crippen molar-refractivity contribution in [3.8, 4) is 0 Å². The zero-order valence-electron chi connectivity index (χ0n) is 13.8. The summed E-state index contributed by atoms with van der Waals surface area (Å²) in [6, 6.07) is 13.3. The highest BCUT2D eigenvalue weighted by molar-refractivity contribution is 5.97. The molecule has 0 aromatic carbocycles. The number of furan rings is 1. The maximum absolute atomic E-state index is 13.4. The van der Waals surface area contributed by atoms with Gasteiger partial charge in [0.05, 0.1) is 24.4 Å². The monoisotopic (exact) mass is 333 g/mol. The largest absolute Gasteiger partial charge is 0.467 e. The fraction of sp³-hybridized carbons (Fsp3) is 0.250. The van der Waals surface area contributed by atoms with Crippen LogP contribution in [0, 0.1) is 0 Å². The van der Waals surface area contributed by atoms with Crippen LogP contribution in [0.1, 0.15) is 35.8 Å². The molecular formula is C20H19N3O2. The zero-order chi connectivity index (χ0) is 17.1. The lowest BCUT2D eigenvalue weighted by molar-refractivity contribution is -0.120. The molecule has 3 heterocycles. The van der Waals surface area contributed by atoms with Gasteiger partial charge in [0.15, 0.2) is 0 Å². The molecule has 4 rings (SSSR count). The third-order valence-electron chi connectivity index (χ3n) is 4.58. The molecule has 0 saturated carbocycles. The van der Waals surface area contributed by atoms with Crippen LogP contribution in [0.15, 0.2) is 65.5 Å². The predicted octanol–water partition coefficient (Wildman–Crippen LogP) is 3.72. The molecule has 1 atom stereocenters. The van der Waals surface area contributed by atoms with Crippen molar-refractivity contribution < 1.29 is 9.21 Å². The van der Waals surface area contributed by atoms with E-state index in [4.69, 9.17) is 4.42 Å². The van der Waals surface area contributed by atoms with E-state index in [0.29, 0.717) is 12.4 Å². The highest BCUT2D eigenvalue weighted by Crippen LogP contribution is 2.32. The molecule has 25 heavy (non-hydrogen) atoms. The maximum Gasteiger partial charge on any atom is 0.237 e. The van der Waals surface area contributed by atoms with Gasteiger partial charge in [0.1, 0.15) is 11.6 Å². The van der Waals surface area contributed by atoms with Crippen LogP contribution in [-0.4, -0.2) is 15.9 Å². The van der Waals surface area contributed by atoms with E-state index < -0.39 is 0 Å². The second kappa shape index (κ2) is 6.89. The first-order valence-electron chi connectivity index (χ1n) is 8.51. The molecule has 0 bridgehead atoms. The van der Waals surface area contributed by atoms with Gasteiger partial charge in [-0.25, -0.2) is 4.98 Å². The van der Waals surface area contributed by atoms with Crippen LogP contribution in [0.4, 0.5) is 5.82 Å². The van der Waals surface area contributed by atoms with Crippen LogP contribution in [0.3, 0.4) is 0 Å². The average molecular weight is 333 g/mol. The van der Waals surface area contributed by atoms with Gasteiger partial charge in [-0.15, -0.1) is 0 Å². The van der Waals surface area contributed by atoms with Crippen LogP contribution in [-0.2, 0) is 17.8 Å². The number of aryl methyl sites for hydroxylation is 1. The minimum atomic E-state index is -0.234. The molecule has 3 aromatic heterocycles. The standard InChI is InChI=1S/C20H19N3O2/c24-20(17-9-3-6-15-7-4-12-22-19(15)17)23(14-16-8-5-13-25-16)18-10-1-2-11-21-18/h1-2,4-5,7-8,10-13,17H,3,6,9,14H2. The Bertz CT molecular complexity index is 846. The van der Waals surface area contributed by atoms with Crippen molar-refractivity contribution in [3.63, 3.8) is 0 Å². The fourth-order valence-corrected chi connectivity index (χ4v) is 3.38. The normalized spacial score (nSPS) is 16.2. The van der Waals surface area contributed by atoms with E-state index in [1.54, 1.807) is 23.6 Å². The van der Waals surface area contributed by atoms with Crippen molar-refractivity contribution in [1.82, 2.24) is 9.97 Å². The summed E-state index contributed by atoms with van der Waals surface area (Å²) in [7, 11) is 0. The lowest BCUT2D eigenvalue weighted by atomic mass is 9.85. The van der Waals surface area contributed by atoms with E-state index in [0.717, 1.165) is 30.7 Å². The van der Waals surface area contributed by atoms with Crippen molar-refractivity contribution in [3.05, 3.63) is 78.1 Å². The Morgan fingerprint density at radius 3 is 2.84 bits per heavy atom. The van der Waals surface area contributed by atoms with Gasteiger partial charge in [-0.05, 0) is 55.2 Å². The van der Waals surface area contributed by atoms with Crippen molar-refractivity contribution in [2.45, 2.75) is 31.7 Å². The predicted molar refractivity (Wildman–Crippen MR) is 94.1 cm³/mol. The van der Waals surface area contributed by atoms with E-state index in [2.05, 4.69) is 16.0 Å². The molecule has 126 valence electrons. The summed E-state index contributed by atoms with van der Waals surface area (Å²) in [6.07, 6.45) is 7.87. The number of carbonyl (C=O) groups is 1. The topological polar surface area (TPSA) is 59.2 Å². The Morgan fingerprint density at radius 2 is 2.04 bits per heavy atom. The summed E-state index contributed by atoms with van der Waals surface area (Å²) >= 11 is 0. The van der Waals surface area contributed by atoms with Gasteiger partial charge in [0.2, 0.25) is 5.91 Å². The van der Waals surface area contributed by atoms with E-state index in [9.17, 15) is 4.79 Å². The van der Waals surface area contributed by atoms with E-state index >= 15 is 0 Å². The summed E-state index contributed by atoms with van der Waals surface area (Å²) in [5.41, 5.74) is 2.07. The SMILES string of the molecule is O=C(C1CCCc2cccnc21)N(Cc1ccco1)c1ccccn1. The first kappa shape index (κ1) is 15.6. The minimum absolute atomic E-state index is 0.0229. The van der Waals surface area contributed by atoms with Gasteiger partial charge in [-0.1, -0.05) is 12.1 Å². The van der Waals surface area contributed by atoms with Crippen molar-refractivity contribution in [2.24, 2.45) is 0 Å². The number of pyridine rings is 2. The molecule has 3 aromatic rings. The third kappa shape index (κ3) is 3.18. The first-order chi connectivity index (χ1) is 12.3. The van der Waals surface area contributed by atoms with Crippen molar-refractivity contribution >= 4 is 11.7 Å². The minimum Gasteiger partial charge on any atom is -0.467 e. The summed E-state index contributed by atoms with van der Waals surface area (Å²) in [6.45, 7) is 0.363. The number of nitrogens with zero attached hydrogens (tertiary/aromatic N) is 3. The Labute approximate surface area is 146 Å². The highest BCUT2D eigenvalue weighted by atomic mass is 16.3. The quantitative estimate of drug-likeness (QED) is 0.730. The van der Waals surface area contributed by atoms with E-state index in [1.807, 2.05) is 36.4 Å². The zero-order valence-corrected chi connectivity index (χ0v) is 13.8. The molecule has 0 saturated heterocycles. The van der Waals surface area contributed by atoms with Crippen LogP contribution < -0.4 is 4.90 Å². The molecule has 5 heteroatoms. The van der Waals surface area contributed by atoms with Gasteiger partial charge in [-0.3, -0.25) is 14.7 Å². The first-order valence-corrected chi connectivity index (χ1v) is 8.51. The second-order valence-electron chi connectivity index (χ2n) is 6.18.